The highest BCUT2D eigenvalue weighted by Crippen LogP contribution is 2.29. The molecule has 2 aromatic carbocycles. The zero-order chi connectivity index (χ0) is 18.0. The summed E-state index contributed by atoms with van der Waals surface area (Å²) in [4.78, 5) is 37.4. The van der Waals surface area contributed by atoms with Crippen molar-refractivity contribution in [1.82, 2.24) is 0 Å². The Kier molecular flexibility index (Phi) is 4.58. The Morgan fingerprint density at radius 1 is 1.24 bits per heavy atom. The van der Waals surface area contributed by atoms with E-state index in [0.717, 1.165) is 0 Å². The minimum Gasteiger partial charge on any atom is -0.507 e. The quantitative estimate of drug-likeness (QED) is 0.818. The summed E-state index contributed by atoms with van der Waals surface area (Å²) in [7, 11) is 0. The van der Waals surface area contributed by atoms with Crippen molar-refractivity contribution < 1.29 is 24.2 Å². The van der Waals surface area contributed by atoms with Crippen molar-refractivity contribution in [2.75, 3.05) is 23.4 Å². The van der Waals surface area contributed by atoms with Crippen LogP contribution in [0.1, 0.15) is 10.4 Å². The highest BCUT2D eigenvalue weighted by Gasteiger charge is 2.27. The molecule has 0 aliphatic carbocycles. The van der Waals surface area contributed by atoms with Crippen LogP contribution in [-0.4, -0.2) is 36.0 Å². The van der Waals surface area contributed by atoms with Crippen LogP contribution in [0.5, 0.6) is 5.75 Å². The molecule has 0 bridgehead atoms. The topological polar surface area (TPSA) is 95.9 Å². The van der Waals surface area contributed by atoms with Crippen LogP contribution < -0.4 is 10.2 Å². The lowest BCUT2D eigenvalue weighted by Crippen LogP contribution is -2.44. The molecule has 1 aliphatic rings. The summed E-state index contributed by atoms with van der Waals surface area (Å²) in [5, 5.41) is 12.6. The maximum atomic E-state index is 12.4. The van der Waals surface area contributed by atoms with Gasteiger partial charge in [0.2, 0.25) is 5.91 Å². The van der Waals surface area contributed by atoms with E-state index >= 15 is 0 Å². The molecule has 0 radical (unpaired) electrons. The van der Waals surface area contributed by atoms with E-state index < -0.39 is 18.5 Å². The van der Waals surface area contributed by atoms with Gasteiger partial charge in [0.25, 0.3) is 5.91 Å². The van der Waals surface area contributed by atoms with Gasteiger partial charge in [0, 0.05) is 5.02 Å². The molecule has 0 unspecified atom stereocenters. The lowest BCUT2D eigenvalue weighted by molar-refractivity contribution is -0.124. The third kappa shape index (κ3) is 3.56. The molecule has 0 spiro atoms. The van der Waals surface area contributed by atoms with Crippen molar-refractivity contribution in [3.8, 4) is 5.75 Å². The van der Waals surface area contributed by atoms with Gasteiger partial charge in [0.05, 0.1) is 11.4 Å². The molecule has 2 aromatic rings. The van der Waals surface area contributed by atoms with E-state index in [0.29, 0.717) is 11.4 Å². The molecule has 1 aliphatic heterocycles. The van der Waals surface area contributed by atoms with E-state index in [9.17, 15) is 19.5 Å². The zero-order valence-corrected chi connectivity index (χ0v) is 13.6. The minimum atomic E-state index is -0.886. The number of aromatic hydroxyl groups is 1. The Balaban J connectivity index is 1.72. The van der Waals surface area contributed by atoms with Crippen LogP contribution in [-0.2, 0) is 14.3 Å². The number of carbonyl (C=O) groups is 3. The number of halogens is 1. The summed E-state index contributed by atoms with van der Waals surface area (Å²) < 4.78 is 4.95. The van der Waals surface area contributed by atoms with Crippen molar-refractivity contribution in [2.45, 2.75) is 0 Å². The average molecular weight is 361 g/mol. The first kappa shape index (κ1) is 16.8. The summed E-state index contributed by atoms with van der Waals surface area (Å²) in [6, 6.07) is 10.7. The van der Waals surface area contributed by atoms with Crippen LogP contribution >= 0.6 is 11.6 Å². The van der Waals surface area contributed by atoms with Crippen molar-refractivity contribution >= 4 is 40.8 Å². The largest absolute Gasteiger partial charge is 0.507 e. The van der Waals surface area contributed by atoms with Gasteiger partial charge < -0.3 is 15.2 Å². The highest BCUT2D eigenvalue weighted by molar-refractivity contribution is 6.31. The van der Waals surface area contributed by atoms with Crippen LogP contribution in [0.3, 0.4) is 0 Å². The van der Waals surface area contributed by atoms with E-state index in [1.165, 1.54) is 23.1 Å². The summed E-state index contributed by atoms with van der Waals surface area (Å²) >= 11 is 5.78. The second kappa shape index (κ2) is 6.82. The van der Waals surface area contributed by atoms with Gasteiger partial charge in [-0.25, -0.2) is 4.79 Å². The number of nitrogens with one attached hydrogen (secondary N) is 1. The van der Waals surface area contributed by atoms with Gasteiger partial charge in [-0.2, -0.15) is 0 Å². The number of phenols is 1. The first-order chi connectivity index (χ1) is 12.0. The normalized spacial score (nSPS) is 13.0. The summed E-state index contributed by atoms with van der Waals surface area (Å²) in [6.07, 6.45) is 0. The Labute approximate surface area is 147 Å². The lowest BCUT2D eigenvalue weighted by atomic mass is 10.2. The van der Waals surface area contributed by atoms with E-state index in [2.05, 4.69) is 5.32 Å². The number of para-hydroxylation sites is 2. The molecule has 0 fully saturated rings. The second-order valence-electron chi connectivity index (χ2n) is 5.28. The third-order valence-electron chi connectivity index (χ3n) is 3.58. The smallest absolute Gasteiger partial charge is 0.342 e. The number of rotatable bonds is 3. The van der Waals surface area contributed by atoms with Crippen molar-refractivity contribution in [1.29, 1.82) is 0 Å². The molecule has 1 heterocycles. The van der Waals surface area contributed by atoms with E-state index in [1.807, 2.05) is 0 Å². The van der Waals surface area contributed by atoms with Crippen LogP contribution in [0, 0.1) is 0 Å². The average Bonchev–Trinajstić information content (AvgIpc) is 2.60. The first-order valence-electron chi connectivity index (χ1n) is 7.30. The summed E-state index contributed by atoms with van der Waals surface area (Å²) in [5.41, 5.74) is 0.886. The van der Waals surface area contributed by atoms with Gasteiger partial charge in [0.1, 0.15) is 17.9 Å². The number of esters is 1. The van der Waals surface area contributed by atoms with E-state index in [-0.39, 0.29) is 28.8 Å². The maximum Gasteiger partial charge on any atom is 0.342 e. The molecular weight excluding hydrogens is 348 g/mol. The minimum absolute atomic E-state index is 0.142. The fourth-order valence-electron chi connectivity index (χ4n) is 2.41. The highest BCUT2D eigenvalue weighted by atomic mass is 35.5. The standard InChI is InChI=1S/C17H13ClN2O5/c18-10-5-6-14(21)11(7-10)17(24)25-9-16(23)20-8-15(22)19-12-3-1-2-4-13(12)20/h1-7,21H,8-9H2,(H,19,22). The third-order valence-corrected chi connectivity index (χ3v) is 3.81. The second-order valence-corrected chi connectivity index (χ2v) is 5.72. The number of nitrogens with zero attached hydrogens (tertiary/aromatic N) is 1. The van der Waals surface area contributed by atoms with Crippen LogP contribution in [0.25, 0.3) is 0 Å². The molecule has 0 saturated carbocycles. The van der Waals surface area contributed by atoms with E-state index in [1.54, 1.807) is 24.3 Å². The molecule has 0 aromatic heterocycles. The van der Waals surface area contributed by atoms with Gasteiger partial charge in [-0.05, 0) is 30.3 Å². The number of hydrogen-bond acceptors (Lipinski definition) is 5. The molecule has 7 nitrogen and oxygen atoms in total. The monoisotopic (exact) mass is 360 g/mol. The molecule has 2 N–H and O–H groups in total. The van der Waals surface area contributed by atoms with Crippen LogP contribution in [0.15, 0.2) is 42.5 Å². The number of benzene rings is 2. The summed E-state index contributed by atoms with van der Waals surface area (Å²) in [6.45, 7) is -0.748. The van der Waals surface area contributed by atoms with Gasteiger partial charge in [-0.3, -0.25) is 14.5 Å². The van der Waals surface area contributed by atoms with Gasteiger partial charge in [0.15, 0.2) is 6.61 Å². The molecule has 25 heavy (non-hydrogen) atoms. The number of phenolic OH excluding ortho intramolecular Hbond substituents is 1. The Morgan fingerprint density at radius 2 is 2.00 bits per heavy atom. The molecule has 2 amide bonds. The molecular formula is C17H13ClN2O5. The number of hydrogen-bond donors (Lipinski definition) is 2. The molecule has 8 heteroatoms. The molecule has 0 saturated heterocycles. The fraction of sp³-hybridized carbons (Fsp3) is 0.118. The number of amides is 2. The van der Waals surface area contributed by atoms with Crippen molar-refractivity contribution in [2.24, 2.45) is 0 Å². The number of ether oxygens (including phenoxy) is 1. The Morgan fingerprint density at radius 3 is 2.80 bits per heavy atom. The predicted molar refractivity (Wildman–Crippen MR) is 90.8 cm³/mol. The Hall–Kier alpha value is -3.06. The van der Waals surface area contributed by atoms with Crippen LogP contribution in [0.4, 0.5) is 11.4 Å². The maximum absolute atomic E-state index is 12.4. The van der Waals surface area contributed by atoms with Crippen molar-refractivity contribution in [3.63, 3.8) is 0 Å². The van der Waals surface area contributed by atoms with Gasteiger partial charge >= 0.3 is 5.97 Å². The van der Waals surface area contributed by atoms with Crippen LogP contribution in [0.2, 0.25) is 5.02 Å². The molecule has 3 rings (SSSR count). The predicted octanol–water partition coefficient (Wildman–Crippen LogP) is 2.19. The van der Waals surface area contributed by atoms with Crippen molar-refractivity contribution in [3.05, 3.63) is 53.1 Å². The zero-order valence-electron chi connectivity index (χ0n) is 12.9. The summed E-state index contributed by atoms with van der Waals surface area (Å²) in [5.74, 6) is -2.09. The van der Waals surface area contributed by atoms with E-state index in [4.69, 9.17) is 16.3 Å². The Bertz CT molecular complexity index is 868. The van der Waals surface area contributed by atoms with Gasteiger partial charge in [-0.15, -0.1) is 0 Å². The number of carbonyl (C=O) groups excluding carboxylic acids is 3. The number of anilines is 2. The lowest BCUT2D eigenvalue weighted by Gasteiger charge is -2.28. The number of fused-ring (bicyclic) bond motifs is 1. The first-order valence-corrected chi connectivity index (χ1v) is 7.68. The molecule has 128 valence electrons. The fourth-order valence-corrected chi connectivity index (χ4v) is 2.58. The molecule has 0 atom stereocenters. The van der Waals surface area contributed by atoms with Gasteiger partial charge in [-0.1, -0.05) is 23.7 Å². The SMILES string of the molecule is O=C1CN(C(=O)COC(=O)c2cc(Cl)ccc2O)c2ccccc2N1.